The molecule has 0 amide bonds. The van der Waals surface area contributed by atoms with Gasteiger partial charge in [0, 0.05) is 12.7 Å². The van der Waals surface area contributed by atoms with Gasteiger partial charge in [-0.2, -0.15) is 0 Å². The van der Waals surface area contributed by atoms with Crippen LogP contribution in [0.5, 0.6) is 5.75 Å². The molecule has 3 nitrogen and oxygen atoms in total. The number of hydrogen-bond donors (Lipinski definition) is 1. The number of para-hydroxylation sites is 1. The van der Waals surface area contributed by atoms with Crippen LogP contribution in [0.15, 0.2) is 24.3 Å². The molecule has 1 rings (SSSR count). The molecule has 0 heterocycles. The molecule has 0 saturated heterocycles. The van der Waals surface area contributed by atoms with Gasteiger partial charge in [-0.3, -0.25) is 0 Å². The smallest absolute Gasteiger partial charge is 0.125 e. The van der Waals surface area contributed by atoms with Crippen LogP contribution in [0, 0.1) is 0 Å². The van der Waals surface area contributed by atoms with Crippen molar-refractivity contribution >= 4 is 0 Å². The maximum absolute atomic E-state index is 10.1. The zero-order chi connectivity index (χ0) is 10.6. The van der Waals surface area contributed by atoms with E-state index in [1.54, 1.807) is 21.1 Å². The highest BCUT2D eigenvalue weighted by Crippen LogP contribution is 2.29. The maximum atomic E-state index is 10.1. The second-order valence-corrected chi connectivity index (χ2v) is 3.41. The van der Waals surface area contributed by atoms with Gasteiger partial charge in [0.05, 0.1) is 13.7 Å². The van der Waals surface area contributed by atoms with Crippen molar-refractivity contribution in [2.24, 2.45) is 0 Å². The first-order chi connectivity index (χ1) is 6.61. The lowest BCUT2D eigenvalue weighted by atomic mass is 9.96. The Morgan fingerprint density at radius 1 is 1.29 bits per heavy atom. The van der Waals surface area contributed by atoms with E-state index < -0.39 is 5.60 Å². The van der Waals surface area contributed by atoms with Crippen LogP contribution >= 0.6 is 0 Å². The monoisotopic (exact) mass is 196 g/mol. The summed E-state index contributed by atoms with van der Waals surface area (Å²) in [5, 5.41) is 10.1. The largest absolute Gasteiger partial charge is 0.496 e. The topological polar surface area (TPSA) is 38.7 Å². The molecule has 0 saturated carbocycles. The average molecular weight is 196 g/mol. The van der Waals surface area contributed by atoms with Crippen LogP contribution in [0.1, 0.15) is 12.5 Å². The lowest BCUT2D eigenvalue weighted by Crippen LogP contribution is -2.27. The molecule has 14 heavy (non-hydrogen) atoms. The van der Waals surface area contributed by atoms with Gasteiger partial charge in [-0.15, -0.1) is 0 Å². The first-order valence-corrected chi connectivity index (χ1v) is 4.46. The van der Waals surface area contributed by atoms with Crippen molar-refractivity contribution in [3.8, 4) is 5.75 Å². The molecule has 0 bridgehead atoms. The summed E-state index contributed by atoms with van der Waals surface area (Å²) in [4.78, 5) is 0. The molecule has 1 aromatic carbocycles. The van der Waals surface area contributed by atoms with Gasteiger partial charge >= 0.3 is 0 Å². The first kappa shape index (κ1) is 11.0. The van der Waals surface area contributed by atoms with Crippen molar-refractivity contribution in [3.63, 3.8) is 0 Å². The van der Waals surface area contributed by atoms with Gasteiger partial charge < -0.3 is 14.6 Å². The van der Waals surface area contributed by atoms with E-state index in [1.807, 2.05) is 24.3 Å². The maximum Gasteiger partial charge on any atom is 0.125 e. The number of hydrogen-bond acceptors (Lipinski definition) is 3. The fourth-order valence-corrected chi connectivity index (χ4v) is 1.45. The Morgan fingerprint density at radius 3 is 2.50 bits per heavy atom. The van der Waals surface area contributed by atoms with Crippen LogP contribution in [0.25, 0.3) is 0 Å². The molecule has 3 heteroatoms. The van der Waals surface area contributed by atoms with E-state index in [-0.39, 0.29) is 6.61 Å². The van der Waals surface area contributed by atoms with Crippen LogP contribution < -0.4 is 4.74 Å². The fourth-order valence-electron chi connectivity index (χ4n) is 1.45. The second-order valence-electron chi connectivity index (χ2n) is 3.41. The highest BCUT2D eigenvalue weighted by molar-refractivity contribution is 5.37. The molecule has 0 aliphatic rings. The van der Waals surface area contributed by atoms with Crippen molar-refractivity contribution in [2.45, 2.75) is 12.5 Å². The Kier molecular flexibility index (Phi) is 3.49. The van der Waals surface area contributed by atoms with Crippen LogP contribution in [0.3, 0.4) is 0 Å². The number of aliphatic hydroxyl groups is 1. The molecule has 0 aliphatic heterocycles. The minimum absolute atomic E-state index is 0.243. The predicted molar refractivity (Wildman–Crippen MR) is 54.4 cm³/mol. The summed E-state index contributed by atoms with van der Waals surface area (Å²) in [6.45, 7) is 1.95. The Morgan fingerprint density at radius 2 is 1.93 bits per heavy atom. The van der Waals surface area contributed by atoms with Crippen molar-refractivity contribution in [1.82, 2.24) is 0 Å². The molecule has 1 atom stereocenters. The second kappa shape index (κ2) is 4.44. The third-order valence-electron chi connectivity index (χ3n) is 2.11. The quantitative estimate of drug-likeness (QED) is 0.794. The van der Waals surface area contributed by atoms with Crippen LogP contribution in [0.2, 0.25) is 0 Å². The SMILES string of the molecule is COCC(C)(O)c1ccccc1OC. The molecule has 0 spiro atoms. The molecule has 1 unspecified atom stereocenters. The van der Waals surface area contributed by atoms with Crippen molar-refractivity contribution in [1.29, 1.82) is 0 Å². The van der Waals surface area contributed by atoms with E-state index in [0.717, 1.165) is 5.56 Å². The van der Waals surface area contributed by atoms with Gasteiger partial charge in [-0.05, 0) is 13.0 Å². The van der Waals surface area contributed by atoms with Crippen LogP contribution in [-0.2, 0) is 10.3 Å². The van der Waals surface area contributed by atoms with E-state index in [2.05, 4.69) is 0 Å². The molecular weight excluding hydrogens is 180 g/mol. The standard InChI is InChI=1S/C11H16O3/c1-11(12,8-13-2)9-6-4-5-7-10(9)14-3/h4-7,12H,8H2,1-3H3. The minimum Gasteiger partial charge on any atom is -0.496 e. The Bertz CT molecular complexity index is 294. The van der Waals surface area contributed by atoms with Crippen LogP contribution in [-0.4, -0.2) is 25.9 Å². The zero-order valence-corrected chi connectivity index (χ0v) is 8.78. The summed E-state index contributed by atoms with van der Waals surface area (Å²) in [6.07, 6.45) is 0. The van der Waals surface area contributed by atoms with Crippen molar-refractivity contribution < 1.29 is 14.6 Å². The molecule has 0 radical (unpaired) electrons. The average Bonchev–Trinajstić information content (AvgIpc) is 2.18. The summed E-state index contributed by atoms with van der Waals surface area (Å²) in [5.41, 5.74) is -0.272. The summed E-state index contributed by atoms with van der Waals surface area (Å²) in [7, 11) is 3.14. The van der Waals surface area contributed by atoms with E-state index in [0.29, 0.717) is 5.75 Å². The van der Waals surface area contributed by atoms with Gasteiger partial charge in [-0.1, -0.05) is 18.2 Å². The Balaban J connectivity index is 3.04. The predicted octanol–water partition coefficient (Wildman–Crippen LogP) is 1.55. The summed E-state index contributed by atoms with van der Waals surface area (Å²) in [6, 6.07) is 7.38. The van der Waals surface area contributed by atoms with Gasteiger partial charge in [-0.25, -0.2) is 0 Å². The molecule has 1 aromatic rings. The zero-order valence-electron chi connectivity index (χ0n) is 8.78. The number of ether oxygens (including phenoxy) is 2. The lowest BCUT2D eigenvalue weighted by Gasteiger charge is -2.24. The Hall–Kier alpha value is -1.06. The minimum atomic E-state index is -1.01. The third kappa shape index (κ3) is 2.25. The third-order valence-corrected chi connectivity index (χ3v) is 2.11. The molecule has 0 fully saturated rings. The van der Waals surface area contributed by atoms with E-state index >= 15 is 0 Å². The van der Waals surface area contributed by atoms with E-state index in [1.165, 1.54) is 0 Å². The summed E-state index contributed by atoms with van der Waals surface area (Å²) in [5.74, 6) is 0.676. The van der Waals surface area contributed by atoms with Gasteiger partial charge in [0.1, 0.15) is 11.4 Å². The van der Waals surface area contributed by atoms with Crippen molar-refractivity contribution in [2.75, 3.05) is 20.8 Å². The highest BCUT2D eigenvalue weighted by Gasteiger charge is 2.26. The first-order valence-electron chi connectivity index (χ1n) is 4.46. The van der Waals surface area contributed by atoms with Crippen LogP contribution in [0.4, 0.5) is 0 Å². The molecule has 78 valence electrons. The number of methoxy groups -OCH3 is 2. The molecule has 1 N–H and O–H groups in total. The van der Waals surface area contributed by atoms with Gasteiger partial charge in [0.2, 0.25) is 0 Å². The van der Waals surface area contributed by atoms with E-state index in [9.17, 15) is 5.11 Å². The molecule has 0 aliphatic carbocycles. The normalized spacial score (nSPS) is 14.9. The van der Waals surface area contributed by atoms with Crippen molar-refractivity contribution in [3.05, 3.63) is 29.8 Å². The summed E-state index contributed by atoms with van der Waals surface area (Å²) < 4.78 is 10.1. The lowest BCUT2D eigenvalue weighted by molar-refractivity contribution is -0.0222. The Labute approximate surface area is 84.3 Å². The van der Waals surface area contributed by atoms with E-state index in [4.69, 9.17) is 9.47 Å². The molecule has 0 aromatic heterocycles. The van der Waals surface area contributed by atoms with Gasteiger partial charge in [0.15, 0.2) is 0 Å². The number of rotatable bonds is 4. The highest BCUT2D eigenvalue weighted by atomic mass is 16.5. The number of benzene rings is 1. The molecular formula is C11H16O3. The summed E-state index contributed by atoms with van der Waals surface area (Å²) >= 11 is 0. The van der Waals surface area contributed by atoms with Gasteiger partial charge in [0.25, 0.3) is 0 Å². The fraction of sp³-hybridized carbons (Fsp3) is 0.455.